The molecule has 4 rings (SSSR count). The van der Waals surface area contributed by atoms with Crippen LogP contribution in [0.3, 0.4) is 0 Å². The molecule has 0 bridgehead atoms. The largest absolute Gasteiger partial charge is 0.497 e. The highest BCUT2D eigenvalue weighted by atomic mass is 32.1. The molecule has 0 aliphatic rings. The molecule has 196 valence electrons. The van der Waals surface area contributed by atoms with Crippen molar-refractivity contribution in [1.82, 2.24) is 19.7 Å². The third-order valence-corrected chi connectivity index (χ3v) is 7.28. The van der Waals surface area contributed by atoms with E-state index in [4.69, 9.17) is 15.5 Å². The first-order valence-corrected chi connectivity index (χ1v) is 12.6. The first-order chi connectivity index (χ1) is 17.5. The predicted molar refractivity (Wildman–Crippen MR) is 138 cm³/mol. The molecular formula is C26H28F3N5O2S. The van der Waals surface area contributed by atoms with E-state index in [9.17, 15) is 18.0 Å². The summed E-state index contributed by atoms with van der Waals surface area (Å²) in [5.74, 6) is 0.319. The lowest BCUT2D eigenvalue weighted by molar-refractivity contribution is -0.137. The highest BCUT2D eigenvalue weighted by molar-refractivity contribution is 7.14. The third-order valence-electron chi connectivity index (χ3n) is 5.94. The minimum Gasteiger partial charge on any atom is -0.497 e. The van der Waals surface area contributed by atoms with Crippen molar-refractivity contribution >= 4 is 28.1 Å². The van der Waals surface area contributed by atoms with Gasteiger partial charge in [0.1, 0.15) is 5.75 Å². The molecule has 37 heavy (non-hydrogen) atoms. The van der Waals surface area contributed by atoms with Gasteiger partial charge in [-0.25, -0.2) is 9.67 Å². The van der Waals surface area contributed by atoms with Gasteiger partial charge in [0.05, 0.1) is 23.9 Å². The molecule has 2 heterocycles. The molecule has 0 aliphatic carbocycles. The van der Waals surface area contributed by atoms with Gasteiger partial charge >= 0.3 is 6.18 Å². The second-order valence-electron chi connectivity index (χ2n) is 8.95. The molecule has 0 unspecified atom stereocenters. The van der Waals surface area contributed by atoms with E-state index in [1.807, 2.05) is 38.1 Å². The van der Waals surface area contributed by atoms with Crippen LogP contribution in [-0.2, 0) is 6.18 Å². The van der Waals surface area contributed by atoms with Gasteiger partial charge in [0.25, 0.3) is 5.91 Å². The number of amides is 1. The normalized spacial score (nSPS) is 11.9. The van der Waals surface area contributed by atoms with E-state index in [0.29, 0.717) is 35.9 Å². The Morgan fingerprint density at radius 3 is 2.62 bits per heavy atom. The van der Waals surface area contributed by atoms with Gasteiger partial charge in [0.2, 0.25) is 5.13 Å². The number of halogens is 3. The maximum atomic E-state index is 13.5. The van der Waals surface area contributed by atoms with Crippen LogP contribution in [0.5, 0.6) is 5.75 Å². The highest BCUT2D eigenvalue weighted by Gasteiger charge is 2.32. The molecule has 0 saturated carbocycles. The fourth-order valence-electron chi connectivity index (χ4n) is 3.99. The lowest BCUT2D eigenvalue weighted by atomic mass is 10.1. The molecule has 11 heteroatoms. The van der Waals surface area contributed by atoms with Crippen molar-refractivity contribution < 1.29 is 22.7 Å². The standard InChI is InChI=1S/C26H28F3N5O2S/c1-15(2)23-21(16-7-5-8-18(13-16)36-4)31-25(37-23)34-20-10-9-17(26(27,28)29)14-19(20)22(32-34)24(35)33(3)12-6-11-30/h5,7-10,13-15H,6,11-12,30H2,1-4H3. The molecular weight excluding hydrogens is 503 g/mol. The SMILES string of the molecule is COc1cccc(-c2nc(-n3nc(C(=O)N(C)CCCN)c4cc(C(F)(F)F)ccc43)sc2C(C)C)c1. The number of aromatic nitrogens is 3. The van der Waals surface area contributed by atoms with E-state index in [-0.39, 0.29) is 17.0 Å². The number of hydrogen-bond acceptors (Lipinski definition) is 6. The number of alkyl halides is 3. The maximum Gasteiger partial charge on any atom is 0.416 e. The van der Waals surface area contributed by atoms with Gasteiger partial charge in [-0.2, -0.15) is 18.3 Å². The minimum absolute atomic E-state index is 0.0650. The van der Waals surface area contributed by atoms with E-state index in [0.717, 1.165) is 28.3 Å². The van der Waals surface area contributed by atoms with Crippen molar-refractivity contribution in [2.45, 2.75) is 32.4 Å². The number of thiazole rings is 1. The molecule has 0 radical (unpaired) electrons. The summed E-state index contributed by atoms with van der Waals surface area (Å²) in [5.41, 5.74) is 6.59. The molecule has 0 fully saturated rings. The number of methoxy groups -OCH3 is 1. The smallest absolute Gasteiger partial charge is 0.416 e. The van der Waals surface area contributed by atoms with E-state index in [1.54, 1.807) is 14.2 Å². The number of nitrogens with zero attached hydrogens (tertiary/aromatic N) is 4. The van der Waals surface area contributed by atoms with E-state index in [2.05, 4.69) is 5.10 Å². The lowest BCUT2D eigenvalue weighted by Crippen LogP contribution is -2.29. The number of hydrogen-bond donors (Lipinski definition) is 1. The number of fused-ring (bicyclic) bond motifs is 1. The van der Waals surface area contributed by atoms with Crippen LogP contribution in [0.4, 0.5) is 13.2 Å². The van der Waals surface area contributed by atoms with Crippen LogP contribution >= 0.6 is 11.3 Å². The minimum atomic E-state index is -4.56. The number of benzene rings is 2. The van der Waals surface area contributed by atoms with E-state index < -0.39 is 17.6 Å². The molecule has 2 aromatic carbocycles. The lowest BCUT2D eigenvalue weighted by Gasteiger charge is -2.15. The van der Waals surface area contributed by atoms with Gasteiger partial charge in [-0.05, 0) is 49.2 Å². The molecule has 0 saturated heterocycles. The molecule has 0 aliphatic heterocycles. The molecule has 2 N–H and O–H groups in total. The molecule has 2 aromatic heterocycles. The summed E-state index contributed by atoms with van der Waals surface area (Å²) < 4.78 is 47.4. The highest BCUT2D eigenvalue weighted by Crippen LogP contribution is 2.38. The second-order valence-corrected chi connectivity index (χ2v) is 9.96. The third kappa shape index (κ3) is 5.33. The van der Waals surface area contributed by atoms with Crippen molar-refractivity contribution in [3.63, 3.8) is 0 Å². The molecule has 0 spiro atoms. The van der Waals surface area contributed by atoms with Crippen LogP contribution in [0.25, 0.3) is 27.3 Å². The van der Waals surface area contributed by atoms with Crippen LogP contribution < -0.4 is 10.5 Å². The quantitative estimate of drug-likeness (QED) is 0.314. The maximum absolute atomic E-state index is 13.5. The Bertz CT molecular complexity index is 1430. The van der Waals surface area contributed by atoms with Gasteiger partial charge in [0.15, 0.2) is 5.69 Å². The Hall–Kier alpha value is -3.44. The van der Waals surface area contributed by atoms with Crippen molar-refractivity contribution in [2.75, 3.05) is 27.2 Å². The van der Waals surface area contributed by atoms with Crippen molar-refractivity contribution in [2.24, 2.45) is 5.73 Å². The molecule has 4 aromatic rings. The number of carbonyl (C=O) groups is 1. The molecule has 0 atom stereocenters. The van der Waals surface area contributed by atoms with E-state index in [1.165, 1.54) is 27.0 Å². The Balaban J connectivity index is 1.91. The first-order valence-electron chi connectivity index (χ1n) is 11.8. The molecule has 7 nitrogen and oxygen atoms in total. The number of rotatable bonds is 8. The van der Waals surface area contributed by atoms with Crippen LogP contribution in [-0.4, -0.2) is 52.8 Å². The monoisotopic (exact) mass is 531 g/mol. The van der Waals surface area contributed by atoms with Gasteiger partial charge < -0.3 is 15.4 Å². The van der Waals surface area contributed by atoms with Crippen molar-refractivity contribution in [1.29, 1.82) is 0 Å². The average Bonchev–Trinajstić information content (AvgIpc) is 3.48. The number of carbonyl (C=O) groups excluding carboxylic acids is 1. The predicted octanol–water partition coefficient (Wildman–Crippen LogP) is 5.72. The van der Waals surface area contributed by atoms with Crippen molar-refractivity contribution in [3.8, 4) is 22.1 Å². The summed E-state index contributed by atoms with van der Waals surface area (Å²) in [6.07, 6.45) is -4.00. The summed E-state index contributed by atoms with van der Waals surface area (Å²) in [6.45, 7) is 4.82. The van der Waals surface area contributed by atoms with Crippen LogP contribution in [0.2, 0.25) is 0 Å². The zero-order chi connectivity index (χ0) is 26.9. The summed E-state index contributed by atoms with van der Waals surface area (Å²) in [7, 11) is 3.17. The Morgan fingerprint density at radius 2 is 1.97 bits per heavy atom. The van der Waals surface area contributed by atoms with Gasteiger partial charge in [-0.15, -0.1) is 0 Å². The van der Waals surface area contributed by atoms with E-state index >= 15 is 0 Å². The average molecular weight is 532 g/mol. The van der Waals surface area contributed by atoms with Crippen LogP contribution in [0, 0.1) is 0 Å². The fraction of sp³-hybridized carbons (Fsp3) is 0.346. The van der Waals surface area contributed by atoms with Gasteiger partial charge in [-0.1, -0.05) is 37.3 Å². The summed E-state index contributed by atoms with van der Waals surface area (Å²) in [4.78, 5) is 20.5. The molecule has 1 amide bonds. The fourth-order valence-corrected chi connectivity index (χ4v) is 5.04. The Morgan fingerprint density at radius 1 is 1.22 bits per heavy atom. The summed E-state index contributed by atoms with van der Waals surface area (Å²) >= 11 is 1.39. The number of nitrogens with two attached hydrogens (primary N) is 1. The topological polar surface area (TPSA) is 86.3 Å². The summed E-state index contributed by atoms with van der Waals surface area (Å²) in [5, 5.41) is 5.07. The van der Waals surface area contributed by atoms with Gasteiger partial charge in [-0.3, -0.25) is 4.79 Å². The summed E-state index contributed by atoms with van der Waals surface area (Å²) in [6, 6.07) is 10.8. The van der Waals surface area contributed by atoms with Crippen LogP contribution in [0.15, 0.2) is 42.5 Å². The zero-order valence-electron chi connectivity index (χ0n) is 21.0. The second kappa shape index (κ2) is 10.5. The first kappa shape index (κ1) is 26.6. The number of ether oxygens (including phenoxy) is 1. The van der Waals surface area contributed by atoms with Crippen molar-refractivity contribution in [3.05, 3.63) is 58.6 Å². The van der Waals surface area contributed by atoms with Gasteiger partial charge in [0, 0.05) is 29.4 Å². The Labute approximate surface area is 216 Å². The Kier molecular flexibility index (Phi) is 7.56. The zero-order valence-corrected chi connectivity index (χ0v) is 21.8. The van der Waals surface area contributed by atoms with Crippen LogP contribution in [0.1, 0.15) is 47.1 Å².